The zero-order chi connectivity index (χ0) is 14.3. The molecule has 0 spiro atoms. The number of nitrogens with one attached hydrogen (secondary N) is 1. The second-order valence-corrected chi connectivity index (χ2v) is 5.78. The number of hydrogen-bond donors (Lipinski definition) is 1. The van der Waals surface area contributed by atoms with E-state index in [-0.39, 0.29) is 17.7 Å². The van der Waals surface area contributed by atoms with Crippen LogP contribution in [0.4, 0.5) is 0 Å². The molecule has 1 aromatic rings. The van der Waals surface area contributed by atoms with Crippen molar-refractivity contribution in [1.29, 1.82) is 0 Å². The van der Waals surface area contributed by atoms with Gasteiger partial charge in [0.05, 0.1) is 12.2 Å². The van der Waals surface area contributed by atoms with Gasteiger partial charge in [-0.05, 0) is 38.7 Å². The zero-order valence-electron chi connectivity index (χ0n) is 11.7. The van der Waals surface area contributed by atoms with E-state index in [4.69, 9.17) is 0 Å². The summed E-state index contributed by atoms with van der Waals surface area (Å²) in [6, 6.07) is 1.30. The molecule has 6 heteroatoms. The van der Waals surface area contributed by atoms with Crippen molar-refractivity contribution in [2.24, 2.45) is 5.92 Å². The molecule has 1 saturated heterocycles. The highest BCUT2D eigenvalue weighted by Crippen LogP contribution is 2.42. The summed E-state index contributed by atoms with van der Waals surface area (Å²) in [7, 11) is 0. The second-order valence-electron chi connectivity index (χ2n) is 5.78. The summed E-state index contributed by atoms with van der Waals surface area (Å²) in [6.07, 6.45) is 5.09. The molecule has 2 heterocycles. The van der Waals surface area contributed by atoms with Crippen molar-refractivity contribution in [3.63, 3.8) is 0 Å². The minimum Gasteiger partial charge on any atom is -0.340 e. The van der Waals surface area contributed by atoms with Gasteiger partial charge >= 0.3 is 0 Å². The highest BCUT2D eigenvalue weighted by molar-refractivity contribution is 5.99. The normalized spacial score (nSPS) is 30.3. The molecule has 2 unspecified atom stereocenters. The molecule has 20 heavy (non-hydrogen) atoms. The summed E-state index contributed by atoms with van der Waals surface area (Å²) in [5.74, 6) is 0.165. The van der Waals surface area contributed by atoms with Crippen LogP contribution in [0.25, 0.3) is 0 Å². The van der Waals surface area contributed by atoms with Gasteiger partial charge in [-0.2, -0.15) is 0 Å². The lowest BCUT2D eigenvalue weighted by Gasteiger charge is -2.43. The Balaban J connectivity index is 1.87. The quantitative estimate of drug-likeness (QED) is 0.870. The van der Waals surface area contributed by atoms with Gasteiger partial charge in [-0.1, -0.05) is 0 Å². The number of carbonyl (C=O) groups excluding carboxylic acids is 2. The molecule has 1 aromatic heterocycles. The largest absolute Gasteiger partial charge is 0.340 e. The maximum atomic E-state index is 12.8. The Morgan fingerprint density at radius 1 is 1.45 bits per heavy atom. The number of nitrogens with zero attached hydrogens (tertiary/aromatic N) is 3. The molecular weight excluding hydrogens is 256 g/mol. The maximum Gasteiger partial charge on any atom is 0.249 e. The summed E-state index contributed by atoms with van der Waals surface area (Å²) < 4.78 is 0. The highest BCUT2D eigenvalue weighted by Gasteiger charge is 2.54. The van der Waals surface area contributed by atoms with Gasteiger partial charge in [0, 0.05) is 6.20 Å². The van der Waals surface area contributed by atoms with Crippen LogP contribution in [0.1, 0.15) is 32.4 Å². The van der Waals surface area contributed by atoms with E-state index in [9.17, 15) is 9.59 Å². The van der Waals surface area contributed by atoms with Crippen LogP contribution in [0, 0.1) is 5.92 Å². The van der Waals surface area contributed by atoms with Gasteiger partial charge in [-0.15, -0.1) is 0 Å². The number of piperazine rings is 1. The first-order chi connectivity index (χ1) is 9.52. The van der Waals surface area contributed by atoms with Crippen LogP contribution in [0.3, 0.4) is 0 Å². The van der Waals surface area contributed by atoms with E-state index in [0.717, 1.165) is 18.5 Å². The van der Waals surface area contributed by atoms with Gasteiger partial charge in [-0.3, -0.25) is 9.59 Å². The van der Waals surface area contributed by atoms with Crippen molar-refractivity contribution in [2.45, 2.75) is 44.8 Å². The molecule has 2 atom stereocenters. The van der Waals surface area contributed by atoms with E-state index in [1.54, 1.807) is 24.1 Å². The third-order valence-electron chi connectivity index (χ3n) is 4.30. The SMILES string of the molecule is CC1C(=O)NC(C)(C2CC2)C(=O)N1Cc1ccncn1. The molecule has 2 amide bonds. The molecule has 3 rings (SSSR count). The average molecular weight is 274 g/mol. The summed E-state index contributed by atoms with van der Waals surface area (Å²) in [5.41, 5.74) is -0.00979. The third kappa shape index (κ3) is 2.05. The molecule has 1 N–H and O–H groups in total. The first-order valence-corrected chi connectivity index (χ1v) is 6.90. The molecule has 106 valence electrons. The smallest absolute Gasteiger partial charge is 0.249 e. The molecule has 1 aliphatic carbocycles. The first kappa shape index (κ1) is 13.0. The van der Waals surface area contributed by atoms with Gasteiger partial charge in [0.25, 0.3) is 0 Å². The average Bonchev–Trinajstić information content (AvgIpc) is 3.27. The fourth-order valence-electron chi connectivity index (χ4n) is 2.76. The van der Waals surface area contributed by atoms with Gasteiger partial charge < -0.3 is 10.2 Å². The van der Waals surface area contributed by atoms with Crippen LogP contribution < -0.4 is 5.32 Å². The molecule has 0 bridgehead atoms. The Labute approximate surface area is 117 Å². The lowest BCUT2D eigenvalue weighted by molar-refractivity contribution is -0.155. The summed E-state index contributed by atoms with van der Waals surface area (Å²) in [5, 5.41) is 2.91. The van der Waals surface area contributed by atoms with E-state index < -0.39 is 11.6 Å². The number of hydrogen-bond acceptors (Lipinski definition) is 4. The predicted molar refractivity (Wildman–Crippen MR) is 71.3 cm³/mol. The van der Waals surface area contributed by atoms with E-state index in [0.29, 0.717) is 6.54 Å². The molecule has 2 aliphatic rings. The van der Waals surface area contributed by atoms with Crippen LogP contribution in [-0.2, 0) is 16.1 Å². The van der Waals surface area contributed by atoms with Crippen LogP contribution in [-0.4, -0.2) is 38.3 Å². The fourth-order valence-corrected chi connectivity index (χ4v) is 2.76. The van der Waals surface area contributed by atoms with Crippen LogP contribution in [0.5, 0.6) is 0 Å². The maximum absolute atomic E-state index is 12.8. The van der Waals surface area contributed by atoms with Crippen molar-refractivity contribution < 1.29 is 9.59 Å². The lowest BCUT2D eigenvalue weighted by atomic mass is 9.89. The Hall–Kier alpha value is -1.98. The minimum absolute atomic E-state index is 0.00860. The van der Waals surface area contributed by atoms with E-state index >= 15 is 0 Å². The van der Waals surface area contributed by atoms with Crippen molar-refractivity contribution in [3.05, 3.63) is 24.3 Å². The monoisotopic (exact) mass is 274 g/mol. The molecule has 1 aliphatic heterocycles. The molecule has 1 saturated carbocycles. The van der Waals surface area contributed by atoms with Crippen LogP contribution in [0.2, 0.25) is 0 Å². The Kier molecular flexibility index (Phi) is 2.96. The van der Waals surface area contributed by atoms with Crippen molar-refractivity contribution in [3.8, 4) is 0 Å². The standard InChI is InChI=1S/C14H18N4O2/c1-9-12(19)17-14(2,10-3-4-10)13(20)18(9)7-11-5-6-15-8-16-11/h5-6,8-10H,3-4,7H2,1-2H3,(H,17,19). The Bertz CT molecular complexity index is 543. The van der Waals surface area contributed by atoms with Gasteiger partial charge in [0.15, 0.2) is 0 Å². The van der Waals surface area contributed by atoms with Crippen molar-refractivity contribution in [1.82, 2.24) is 20.2 Å². The van der Waals surface area contributed by atoms with E-state index in [1.165, 1.54) is 6.33 Å². The lowest BCUT2D eigenvalue weighted by Crippen LogP contribution is -2.69. The fraction of sp³-hybridized carbons (Fsp3) is 0.571. The van der Waals surface area contributed by atoms with Crippen molar-refractivity contribution in [2.75, 3.05) is 0 Å². The molecular formula is C14H18N4O2. The first-order valence-electron chi connectivity index (χ1n) is 6.90. The topological polar surface area (TPSA) is 75.2 Å². The van der Waals surface area contributed by atoms with E-state index in [1.807, 2.05) is 6.92 Å². The van der Waals surface area contributed by atoms with Crippen LogP contribution >= 0.6 is 0 Å². The summed E-state index contributed by atoms with van der Waals surface area (Å²) >= 11 is 0. The number of aromatic nitrogens is 2. The number of amides is 2. The third-order valence-corrected chi connectivity index (χ3v) is 4.30. The molecule has 6 nitrogen and oxygen atoms in total. The van der Waals surface area contributed by atoms with Crippen molar-refractivity contribution >= 4 is 11.8 Å². The summed E-state index contributed by atoms with van der Waals surface area (Å²) in [6.45, 7) is 3.93. The summed E-state index contributed by atoms with van der Waals surface area (Å²) in [4.78, 5) is 34.5. The van der Waals surface area contributed by atoms with E-state index in [2.05, 4.69) is 15.3 Å². The minimum atomic E-state index is -0.753. The number of carbonyl (C=O) groups is 2. The Morgan fingerprint density at radius 3 is 2.80 bits per heavy atom. The van der Waals surface area contributed by atoms with Gasteiger partial charge in [-0.25, -0.2) is 9.97 Å². The van der Waals surface area contributed by atoms with Gasteiger partial charge in [0.2, 0.25) is 11.8 Å². The zero-order valence-corrected chi connectivity index (χ0v) is 11.7. The predicted octanol–water partition coefficient (Wildman–Crippen LogP) is 0.492. The highest BCUT2D eigenvalue weighted by atomic mass is 16.2. The Morgan fingerprint density at radius 2 is 2.20 bits per heavy atom. The number of rotatable bonds is 3. The molecule has 0 radical (unpaired) electrons. The molecule has 2 fully saturated rings. The van der Waals surface area contributed by atoms with Gasteiger partial charge in [0.1, 0.15) is 17.9 Å². The molecule has 0 aromatic carbocycles. The second kappa shape index (κ2) is 4.54. The van der Waals surface area contributed by atoms with Crippen LogP contribution in [0.15, 0.2) is 18.6 Å².